The van der Waals surface area contributed by atoms with E-state index in [0.29, 0.717) is 0 Å². The second-order valence-electron chi connectivity index (χ2n) is 3.33. The van der Waals surface area contributed by atoms with Crippen molar-refractivity contribution in [3.8, 4) is 34.5 Å². The molecule has 0 spiro atoms. The fourth-order valence-corrected chi connectivity index (χ4v) is 2.04. The van der Waals surface area contributed by atoms with E-state index in [2.05, 4.69) is 0 Å². The predicted molar refractivity (Wildman–Crippen MR) is 66.9 cm³/mol. The smallest absolute Gasteiger partial charge is 0.192 e. The number of benzene rings is 2. The topological polar surface area (TPSA) is 110 Å². The van der Waals surface area contributed by atoms with Crippen molar-refractivity contribution < 1.29 is 28.6 Å². The van der Waals surface area contributed by atoms with Gasteiger partial charge in [0.05, 0.1) is 10.8 Å². The third-order valence-electron chi connectivity index (χ3n) is 2.33. The molecule has 2 aromatic carbocycles. The van der Waals surface area contributed by atoms with Crippen molar-refractivity contribution in [1.29, 1.82) is 0 Å². The first-order chi connectivity index (χ1) is 7.97. The maximum Gasteiger partial charge on any atom is 0.192 e. The minimum atomic E-state index is -0.606. The summed E-state index contributed by atoms with van der Waals surface area (Å²) in [5.74, 6) is -2.64. The zero-order valence-corrected chi connectivity index (χ0v) is 10.3. The molecule has 90 valence electrons. The molecular weight excluding hydrogens is 343 g/mol. The van der Waals surface area contributed by atoms with E-state index < -0.39 is 28.7 Å². The molecule has 0 saturated carbocycles. The van der Waals surface area contributed by atoms with Crippen LogP contribution in [0.15, 0.2) is 12.1 Å². The lowest BCUT2D eigenvalue weighted by molar-refractivity contribution is 0.397. The molecule has 7 heteroatoms. The van der Waals surface area contributed by atoms with E-state index in [9.17, 15) is 25.5 Å². The summed E-state index contributed by atoms with van der Waals surface area (Å²) < 4.78 is 4.85. The molecule has 0 aromatic heterocycles. The average molecular weight is 350 g/mol. The van der Waals surface area contributed by atoms with E-state index in [0.717, 1.165) is 12.1 Å². The highest BCUT2D eigenvalue weighted by Gasteiger charge is 2.21. The summed E-state index contributed by atoms with van der Waals surface area (Å²) >= 11 is 1.48. The monoisotopic (exact) mass is 350 g/mol. The number of phenolic OH excluding ortho intramolecular Hbond substituents is 5. The van der Waals surface area contributed by atoms with Crippen LogP contribution in [0.25, 0.3) is 10.8 Å². The fourth-order valence-electron chi connectivity index (χ4n) is 1.60. The number of phenols is 5. The fraction of sp³-hybridized carbons (Fsp3) is 0. The molecule has 0 saturated heterocycles. The number of rotatable bonds is 1. The largest absolute Gasteiger partial charge is 0.507 e. The van der Waals surface area contributed by atoms with Crippen molar-refractivity contribution in [2.75, 3.05) is 0 Å². The molecule has 2 rings (SSSR count). The highest BCUT2D eigenvalue weighted by Crippen LogP contribution is 2.51. The Balaban J connectivity index is 3.08. The van der Waals surface area contributed by atoms with Gasteiger partial charge in [-0.25, -0.2) is 0 Å². The van der Waals surface area contributed by atoms with Crippen molar-refractivity contribution in [2.24, 2.45) is 0 Å². The van der Waals surface area contributed by atoms with E-state index in [4.69, 9.17) is 3.07 Å². The molecule has 0 atom stereocenters. The van der Waals surface area contributed by atoms with E-state index in [-0.39, 0.29) is 16.5 Å². The Bertz CT molecular complexity index is 610. The third kappa shape index (κ3) is 1.62. The van der Waals surface area contributed by atoms with Gasteiger partial charge in [0.15, 0.2) is 46.0 Å². The maximum atomic E-state index is 9.66. The second-order valence-corrected chi connectivity index (χ2v) is 3.77. The summed E-state index contributed by atoms with van der Waals surface area (Å²) in [5, 5.41) is 47.4. The highest BCUT2D eigenvalue weighted by atomic mass is 127. The molecule has 0 aliphatic heterocycles. The first kappa shape index (κ1) is 11.7. The summed E-state index contributed by atoms with van der Waals surface area (Å²) in [6.45, 7) is 0. The molecule has 5 N–H and O–H groups in total. The molecule has 0 unspecified atom stereocenters. The van der Waals surface area contributed by atoms with Crippen LogP contribution in [0.5, 0.6) is 34.5 Å². The molecular formula is C10H7IO6. The van der Waals surface area contributed by atoms with Crippen molar-refractivity contribution >= 4 is 33.8 Å². The molecule has 0 aliphatic rings. The second kappa shape index (κ2) is 3.91. The third-order valence-corrected chi connectivity index (χ3v) is 2.77. The highest BCUT2D eigenvalue weighted by molar-refractivity contribution is 14.1. The molecule has 0 aliphatic carbocycles. The van der Waals surface area contributed by atoms with Gasteiger partial charge in [-0.15, -0.1) is 0 Å². The van der Waals surface area contributed by atoms with Crippen LogP contribution in [0, 0.1) is 0 Å². The maximum absolute atomic E-state index is 9.66. The van der Waals surface area contributed by atoms with Gasteiger partial charge < -0.3 is 28.6 Å². The van der Waals surface area contributed by atoms with Crippen LogP contribution in [0.4, 0.5) is 0 Å². The Morgan fingerprint density at radius 2 is 1.29 bits per heavy atom. The van der Waals surface area contributed by atoms with Crippen LogP contribution >= 0.6 is 23.0 Å². The molecule has 0 fully saturated rings. The number of fused-ring (bicyclic) bond motifs is 1. The molecule has 0 bridgehead atoms. The molecule has 2 aromatic rings. The van der Waals surface area contributed by atoms with Crippen molar-refractivity contribution in [3.05, 3.63) is 12.1 Å². The van der Waals surface area contributed by atoms with Crippen LogP contribution < -0.4 is 3.07 Å². The number of aromatic hydroxyl groups is 5. The first-order valence-corrected chi connectivity index (χ1v) is 5.26. The summed E-state index contributed by atoms with van der Waals surface area (Å²) in [4.78, 5) is 0. The van der Waals surface area contributed by atoms with Crippen LogP contribution in [0.2, 0.25) is 0 Å². The lowest BCUT2D eigenvalue weighted by atomic mass is 10.1. The molecule has 6 nitrogen and oxygen atoms in total. The van der Waals surface area contributed by atoms with Crippen LogP contribution in [-0.4, -0.2) is 25.5 Å². The molecule has 17 heavy (non-hydrogen) atoms. The Labute approximate surface area is 109 Å². The van der Waals surface area contributed by atoms with Crippen molar-refractivity contribution in [2.45, 2.75) is 0 Å². The number of hydrogen-bond donors (Lipinski definition) is 5. The van der Waals surface area contributed by atoms with Gasteiger partial charge in [-0.3, -0.25) is 0 Å². The Hall–Kier alpha value is -1.77. The molecule has 0 heterocycles. The van der Waals surface area contributed by atoms with Crippen molar-refractivity contribution in [1.82, 2.24) is 0 Å². The lowest BCUT2D eigenvalue weighted by Gasteiger charge is -2.11. The zero-order chi connectivity index (χ0) is 12.7. The van der Waals surface area contributed by atoms with E-state index in [1.807, 2.05) is 0 Å². The van der Waals surface area contributed by atoms with Crippen LogP contribution in [-0.2, 0) is 0 Å². The van der Waals surface area contributed by atoms with Gasteiger partial charge in [0.2, 0.25) is 0 Å². The zero-order valence-electron chi connectivity index (χ0n) is 8.18. The average Bonchev–Trinajstić information content (AvgIpc) is 2.25. The minimum Gasteiger partial charge on any atom is -0.507 e. The van der Waals surface area contributed by atoms with Crippen LogP contribution in [0.3, 0.4) is 0 Å². The number of halogens is 1. The van der Waals surface area contributed by atoms with E-state index >= 15 is 0 Å². The normalized spacial score (nSPS) is 10.6. The predicted octanol–water partition coefficient (Wildman–Crippen LogP) is 2.10. The number of hydrogen-bond acceptors (Lipinski definition) is 6. The van der Waals surface area contributed by atoms with Gasteiger partial charge in [-0.1, -0.05) is 0 Å². The van der Waals surface area contributed by atoms with Gasteiger partial charge in [0, 0.05) is 12.1 Å². The summed E-state index contributed by atoms with van der Waals surface area (Å²) in [6, 6.07) is 1.82. The SMILES string of the molecule is Oc1cc(O)c2c(OI)c(O)cc(O)c2c1O. The van der Waals surface area contributed by atoms with Gasteiger partial charge in [-0.2, -0.15) is 0 Å². The van der Waals surface area contributed by atoms with E-state index in [1.165, 1.54) is 23.0 Å². The van der Waals surface area contributed by atoms with Crippen LogP contribution in [0.1, 0.15) is 0 Å². The van der Waals surface area contributed by atoms with E-state index in [1.54, 1.807) is 0 Å². The summed E-state index contributed by atoms with van der Waals surface area (Å²) in [7, 11) is 0. The molecule has 0 radical (unpaired) electrons. The first-order valence-electron chi connectivity index (χ1n) is 4.38. The Morgan fingerprint density at radius 3 is 1.88 bits per heavy atom. The van der Waals surface area contributed by atoms with Crippen molar-refractivity contribution in [3.63, 3.8) is 0 Å². The Morgan fingerprint density at radius 1 is 0.765 bits per heavy atom. The van der Waals surface area contributed by atoms with Gasteiger partial charge in [0.1, 0.15) is 11.5 Å². The lowest BCUT2D eigenvalue weighted by Crippen LogP contribution is -1.84. The van der Waals surface area contributed by atoms with Gasteiger partial charge >= 0.3 is 0 Å². The summed E-state index contributed by atoms with van der Waals surface area (Å²) in [6.07, 6.45) is 0. The molecule has 0 amide bonds. The van der Waals surface area contributed by atoms with Gasteiger partial charge in [-0.05, 0) is 0 Å². The minimum absolute atomic E-state index is 0.0906. The quantitative estimate of drug-likeness (QED) is 0.306. The standard InChI is InChI=1S/C10H7IO6/c11-17-10-6(15)2-3(12)7-8(10)4(13)1-5(14)9(7)16/h1-2,12-16H. The Kier molecular flexibility index (Phi) is 2.69. The summed E-state index contributed by atoms with van der Waals surface area (Å²) in [5.41, 5.74) is 0. The van der Waals surface area contributed by atoms with Gasteiger partial charge in [0.25, 0.3) is 0 Å².